The fourth-order valence-corrected chi connectivity index (χ4v) is 2.69. The van der Waals surface area contributed by atoms with E-state index in [4.69, 9.17) is 0 Å². The molecule has 2 nitrogen and oxygen atoms in total. The number of aliphatic hydroxyl groups excluding tert-OH is 1. The van der Waals surface area contributed by atoms with Crippen LogP contribution in [-0.4, -0.2) is 23.8 Å². The summed E-state index contributed by atoms with van der Waals surface area (Å²) in [5.74, 6) is 0.367. The van der Waals surface area contributed by atoms with Gasteiger partial charge in [0.1, 0.15) is 0 Å². The molecular weight excluding hydrogens is 222 g/mol. The van der Waals surface area contributed by atoms with Crippen LogP contribution in [0.25, 0.3) is 0 Å². The minimum atomic E-state index is -0.233. The van der Waals surface area contributed by atoms with Crippen LogP contribution in [0.2, 0.25) is 0 Å². The van der Waals surface area contributed by atoms with Crippen LogP contribution in [0.1, 0.15) is 39.2 Å². The van der Waals surface area contributed by atoms with E-state index in [0.29, 0.717) is 12.0 Å². The Morgan fingerprint density at radius 1 is 1.39 bits per heavy atom. The van der Waals surface area contributed by atoms with Crippen molar-refractivity contribution in [3.63, 3.8) is 0 Å². The number of aryl methyl sites for hydroxylation is 1. The number of anilines is 1. The second-order valence-electron chi connectivity index (χ2n) is 5.62. The number of hydrogen-bond donors (Lipinski definition) is 1. The van der Waals surface area contributed by atoms with E-state index in [1.807, 2.05) is 0 Å². The largest absolute Gasteiger partial charge is 0.391 e. The van der Waals surface area contributed by atoms with E-state index in [1.54, 1.807) is 0 Å². The Labute approximate surface area is 111 Å². The monoisotopic (exact) mass is 247 g/mol. The van der Waals surface area contributed by atoms with Crippen LogP contribution < -0.4 is 4.90 Å². The molecule has 0 saturated carbocycles. The van der Waals surface area contributed by atoms with Crippen LogP contribution in [0.5, 0.6) is 0 Å². The first-order valence-corrected chi connectivity index (χ1v) is 7.16. The zero-order valence-corrected chi connectivity index (χ0v) is 11.8. The van der Waals surface area contributed by atoms with E-state index in [0.717, 1.165) is 19.4 Å². The molecule has 1 aliphatic rings. The molecule has 0 amide bonds. The van der Waals surface area contributed by atoms with Crippen molar-refractivity contribution in [2.45, 2.75) is 52.2 Å². The summed E-state index contributed by atoms with van der Waals surface area (Å²) < 4.78 is 0. The first-order chi connectivity index (χ1) is 8.63. The van der Waals surface area contributed by atoms with E-state index < -0.39 is 0 Å². The van der Waals surface area contributed by atoms with Gasteiger partial charge in [0, 0.05) is 18.3 Å². The molecule has 18 heavy (non-hydrogen) atoms. The summed E-state index contributed by atoms with van der Waals surface area (Å²) >= 11 is 0. The Kier molecular flexibility index (Phi) is 4.28. The quantitative estimate of drug-likeness (QED) is 0.883. The summed E-state index contributed by atoms with van der Waals surface area (Å²) in [5.41, 5.74) is 2.74. The Bertz CT molecular complexity index is 390. The number of para-hydroxylation sites is 1. The first-order valence-electron chi connectivity index (χ1n) is 7.16. The van der Waals surface area contributed by atoms with Gasteiger partial charge in [-0.25, -0.2) is 0 Å². The van der Waals surface area contributed by atoms with Gasteiger partial charge in [0.25, 0.3) is 0 Å². The average molecular weight is 247 g/mol. The molecule has 0 saturated heterocycles. The maximum Gasteiger partial charge on any atom is 0.0740 e. The highest BCUT2D eigenvalue weighted by molar-refractivity contribution is 5.56. The fourth-order valence-electron chi connectivity index (χ4n) is 2.69. The zero-order chi connectivity index (χ0) is 13.1. The predicted octanol–water partition coefficient (Wildman–Crippen LogP) is 3.23. The van der Waals surface area contributed by atoms with Crippen molar-refractivity contribution in [2.75, 3.05) is 11.4 Å². The first kappa shape index (κ1) is 13.4. The molecule has 3 unspecified atom stereocenters. The highest BCUT2D eigenvalue weighted by Gasteiger charge is 2.25. The highest BCUT2D eigenvalue weighted by atomic mass is 16.3. The molecular formula is C16H25NO. The summed E-state index contributed by atoms with van der Waals surface area (Å²) in [6.07, 6.45) is 3.14. The number of fused-ring (bicyclic) bond motifs is 1. The van der Waals surface area contributed by atoms with Crippen LogP contribution in [0.3, 0.4) is 0 Å². The lowest BCUT2D eigenvalue weighted by Crippen LogP contribution is -2.43. The molecule has 0 radical (unpaired) electrons. The minimum Gasteiger partial charge on any atom is -0.391 e. The van der Waals surface area contributed by atoms with Crippen molar-refractivity contribution in [3.05, 3.63) is 29.8 Å². The summed E-state index contributed by atoms with van der Waals surface area (Å²) in [4.78, 5) is 2.38. The SMILES string of the molecule is CCC(C)C(O)CN1c2ccccc2CCC1C. The molecule has 3 atom stereocenters. The molecule has 1 N–H and O–H groups in total. The Morgan fingerprint density at radius 3 is 2.83 bits per heavy atom. The third-order valence-electron chi connectivity index (χ3n) is 4.35. The Morgan fingerprint density at radius 2 is 2.11 bits per heavy atom. The number of benzene rings is 1. The molecule has 0 aromatic heterocycles. The van der Waals surface area contributed by atoms with Gasteiger partial charge < -0.3 is 10.0 Å². The number of β-amino-alcohol motifs (C(OH)–C–C–N with tert-alkyl or cyclic N) is 1. The van der Waals surface area contributed by atoms with Crippen molar-refractivity contribution in [1.29, 1.82) is 0 Å². The lowest BCUT2D eigenvalue weighted by molar-refractivity contribution is 0.117. The molecule has 1 aromatic rings. The molecule has 1 aromatic carbocycles. The van der Waals surface area contributed by atoms with Crippen molar-refractivity contribution in [3.8, 4) is 0 Å². The zero-order valence-electron chi connectivity index (χ0n) is 11.8. The highest BCUT2D eigenvalue weighted by Crippen LogP contribution is 2.31. The molecule has 0 aliphatic carbocycles. The summed E-state index contributed by atoms with van der Waals surface area (Å²) in [6.45, 7) is 7.29. The lowest BCUT2D eigenvalue weighted by Gasteiger charge is -2.39. The van der Waals surface area contributed by atoms with Crippen molar-refractivity contribution < 1.29 is 5.11 Å². The van der Waals surface area contributed by atoms with Crippen LogP contribution in [0.15, 0.2) is 24.3 Å². The van der Waals surface area contributed by atoms with Crippen molar-refractivity contribution in [2.24, 2.45) is 5.92 Å². The van der Waals surface area contributed by atoms with Gasteiger partial charge in [-0.1, -0.05) is 38.5 Å². The molecule has 2 heteroatoms. The van der Waals surface area contributed by atoms with Gasteiger partial charge in [0.2, 0.25) is 0 Å². The summed E-state index contributed by atoms with van der Waals surface area (Å²) in [5, 5.41) is 10.3. The second-order valence-corrected chi connectivity index (χ2v) is 5.62. The van der Waals surface area contributed by atoms with E-state index in [1.165, 1.54) is 17.7 Å². The smallest absolute Gasteiger partial charge is 0.0740 e. The van der Waals surface area contributed by atoms with E-state index in [9.17, 15) is 5.11 Å². The standard InChI is InChI=1S/C16H25NO/c1-4-12(2)16(18)11-17-13(3)9-10-14-7-5-6-8-15(14)17/h5-8,12-13,16,18H,4,9-11H2,1-3H3. The minimum absolute atomic E-state index is 0.233. The van der Waals surface area contributed by atoms with Gasteiger partial charge in [0.05, 0.1) is 6.10 Å². The fraction of sp³-hybridized carbons (Fsp3) is 0.625. The molecule has 1 heterocycles. The van der Waals surface area contributed by atoms with Crippen LogP contribution in [-0.2, 0) is 6.42 Å². The molecule has 0 fully saturated rings. The third kappa shape index (κ3) is 2.69. The molecule has 0 bridgehead atoms. The Hall–Kier alpha value is -1.02. The van der Waals surface area contributed by atoms with Gasteiger partial charge >= 0.3 is 0 Å². The topological polar surface area (TPSA) is 23.5 Å². The number of rotatable bonds is 4. The van der Waals surface area contributed by atoms with Gasteiger partial charge in [-0.2, -0.15) is 0 Å². The average Bonchev–Trinajstić information content (AvgIpc) is 2.41. The lowest BCUT2D eigenvalue weighted by atomic mass is 9.94. The predicted molar refractivity (Wildman–Crippen MR) is 77.0 cm³/mol. The van der Waals surface area contributed by atoms with Crippen LogP contribution in [0.4, 0.5) is 5.69 Å². The van der Waals surface area contributed by atoms with Crippen LogP contribution in [0, 0.1) is 5.92 Å². The number of nitrogens with zero attached hydrogens (tertiary/aromatic N) is 1. The number of aliphatic hydroxyl groups is 1. The van der Waals surface area contributed by atoms with Gasteiger partial charge in [-0.15, -0.1) is 0 Å². The number of hydrogen-bond acceptors (Lipinski definition) is 2. The Balaban J connectivity index is 2.16. The van der Waals surface area contributed by atoms with E-state index in [-0.39, 0.29) is 6.10 Å². The van der Waals surface area contributed by atoms with E-state index in [2.05, 4.69) is 49.9 Å². The maximum atomic E-state index is 10.3. The van der Waals surface area contributed by atoms with Crippen molar-refractivity contribution in [1.82, 2.24) is 0 Å². The van der Waals surface area contributed by atoms with Gasteiger partial charge in [-0.05, 0) is 37.3 Å². The molecule has 100 valence electrons. The third-order valence-corrected chi connectivity index (χ3v) is 4.35. The summed E-state index contributed by atoms with van der Waals surface area (Å²) in [7, 11) is 0. The normalized spacial score (nSPS) is 22.4. The van der Waals surface area contributed by atoms with E-state index >= 15 is 0 Å². The summed E-state index contributed by atoms with van der Waals surface area (Å²) in [6, 6.07) is 9.13. The maximum absolute atomic E-state index is 10.3. The van der Waals surface area contributed by atoms with Gasteiger partial charge in [-0.3, -0.25) is 0 Å². The van der Waals surface area contributed by atoms with Gasteiger partial charge in [0.15, 0.2) is 0 Å². The molecule has 2 rings (SSSR count). The second kappa shape index (κ2) is 5.75. The van der Waals surface area contributed by atoms with Crippen LogP contribution >= 0.6 is 0 Å². The molecule has 1 aliphatic heterocycles. The molecule has 0 spiro atoms. The van der Waals surface area contributed by atoms with Crippen molar-refractivity contribution >= 4 is 5.69 Å².